The average molecular weight is 2000 g/mol. The number of carbonyl (C=O) groups is 7. The highest BCUT2D eigenvalue weighted by Crippen LogP contribution is 2.41. The van der Waals surface area contributed by atoms with Crippen LogP contribution in [0.5, 0.6) is 0 Å². The van der Waals surface area contributed by atoms with Crippen molar-refractivity contribution in [3.63, 3.8) is 0 Å². The number of aliphatic hydroxyl groups is 14. The highest BCUT2D eigenvalue weighted by Gasteiger charge is 2.61. The predicted molar refractivity (Wildman–Crippen MR) is 416 cm³/mol. The van der Waals surface area contributed by atoms with Gasteiger partial charge in [-0.3, -0.25) is 70.0 Å². The highest BCUT2D eigenvalue weighted by molar-refractivity contribution is 5.93. The number of ether oxygens (including phenoxy) is 14. The fourth-order valence-electron chi connectivity index (χ4n) is 16.3. The Balaban J connectivity index is 0.854. The van der Waals surface area contributed by atoms with Crippen molar-refractivity contribution in [2.45, 2.75) is 261 Å². The van der Waals surface area contributed by atoms with E-state index in [1.54, 1.807) is 0 Å². The number of rotatable bonds is 21. The fraction of sp³-hybridized carbons (Fsp3) is 0.700. The molecular formula is C70H98N28O42. The summed E-state index contributed by atoms with van der Waals surface area (Å²) in [5.41, 5.74) is -3.90. The number of hydroxylamine groups is 14. The molecule has 70 nitrogen and oxygen atoms in total. The van der Waals surface area contributed by atoms with Crippen molar-refractivity contribution in [2.75, 3.05) is 49.3 Å². The zero-order valence-electron chi connectivity index (χ0n) is 73.7. The molecule has 0 spiro atoms. The van der Waals surface area contributed by atoms with E-state index in [0.717, 1.165) is 125 Å². The molecule has 21 fully saturated rings. The van der Waals surface area contributed by atoms with Crippen LogP contribution in [-0.4, -0.2) is 554 Å². The molecule has 35 atom stereocenters. The summed E-state index contributed by atoms with van der Waals surface area (Å²) in [5.74, 6) is -8.10. The molecule has 770 valence electrons. The predicted octanol–water partition coefficient (Wildman–Crippen LogP) is -16.9. The first-order valence-electron chi connectivity index (χ1n) is 42.1. The lowest BCUT2D eigenvalue weighted by molar-refractivity contribution is -0.395. The van der Waals surface area contributed by atoms with E-state index in [4.69, 9.17) is 66.3 Å². The molecule has 21 aliphatic heterocycles. The molecule has 7 aromatic rings. The van der Waals surface area contributed by atoms with E-state index in [-0.39, 0.29) is 35.4 Å². The molecule has 28 rings (SSSR count). The van der Waals surface area contributed by atoms with Crippen LogP contribution in [0.1, 0.15) is 73.4 Å². The second kappa shape index (κ2) is 42.6. The Morgan fingerprint density at radius 2 is 0.314 bits per heavy atom. The summed E-state index contributed by atoms with van der Waals surface area (Å²) in [5, 5.41) is 302. The Kier molecular flexibility index (Phi) is 31.4. The lowest BCUT2D eigenvalue weighted by Gasteiger charge is -2.50. The number of aliphatic hydroxyl groups excluding tert-OH is 14. The highest BCUT2D eigenvalue weighted by atomic mass is 16.8. The Hall–Kier alpha value is -11.1. The molecule has 0 aliphatic carbocycles. The zero-order valence-corrected chi connectivity index (χ0v) is 73.7. The molecule has 0 saturated carbocycles. The summed E-state index contributed by atoms with van der Waals surface area (Å²) in [4.78, 5) is 91.8. The first-order chi connectivity index (χ1) is 66.3. The van der Waals surface area contributed by atoms with Crippen molar-refractivity contribution in [3.05, 3.63) is 83.2 Å². The minimum Gasteiger partial charge on any atom is -0.387 e. The van der Waals surface area contributed by atoms with Gasteiger partial charge in [0.25, 0.3) is 41.4 Å². The van der Waals surface area contributed by atoms with E-state index in [0.29, 0.717) is 0 Å². The van der Waals surface area contributed by atoms with Gasteiger partial charge >= 0.3 is 0 Å². The van der Waals surface area contributed by atoms with Crippen molar-refractivity contribution < 1.29 is 208 Å². The number of hydrogen-bond acceptors (Lipinski definition) is 56. The SMILES string of the molecule is CN(O)C(=O)c1cn(C[C@H]2O[C@@H]3O[C@H]4[C@H](O)[C@@H](O)[C@@H](O[C@H]5[C@H](O)[C@@H](O)[C@@H](O[C@H]6[C@H](O)[C@@H](O)[C@@H](O[C@H]7[C@H](O)[C@@H](O)[C@@H](O[C@H]8[C@H](O)[C@@H](O)[C@@H](O[C@H]9[C@H](O)[C@@H](O)[C@@H](O[C@H]2[C@H](O)[C@H]3O)O[C@@H]9Cn2cc(C(=O)N(C)O)nn2)O[C@@H]8Cn2cc(C(=O)N(C)O)nn2)O[C@@H]7Cn2cc(C(=O)N(C)O)nn2)O[C@@H]6Cn2cc(C(=O)N(C)O)nn2)O[C@@H]5Cn2cc(C(=O)N(C)O)nn2)O[C@@H]4Cn2cc(C(=O)N(C)O)nn2)nn1. The molecule has 21 aliphatic rings. The lowest BCUT2D eigenvalue weighted by atomic mass is 9.94. The molecule has 0 aromatic carbocycles. The van der Waals surface area contributed by atoms with E-state index in [9.17, 15) is 142 Å². The van der Waals surface area contributed by atoms with Gasteiger partial charge in [0.2, 0.25) is 0 Å². The number of aromatic nitrogens is 21. The average Bonchev–Trinajstić information content (AvgIpc) is 1.49. The van der Waals surface area contributed by atoms with Gasteiger partial charge in [0.1, 0.15) is 171 Å². The Morgan fingerprint density at radius 1 is 0.207 bits per heavy atom. The molecule has 0 radical (unpaired) electrons. The van der Waals surface area contributed by atoms with Gasteiger partial charge in [-0.2, -0.15) is 0 Å². The summed E-state index contributed by atoms with van der Waals surface area (Å²) >= 11 is 0. The molecule has 70 heteroatoms. The van der Waals surface area contributed by atoms with Gasteiger partial charge < -0.3 is 138 Å². The van der Waals surface area contributed by atoms with E-state index in [2.05, 4.69) is 72.2 Å². The molecule has 14 bridgehead atoms. The van der Waals surface area contributed by atoms with Gasteiger partial charge in [0.15, 0.2) is 83.9 Å². The molecule has 140 heavy (non-hydrogen) atoms. The minimum atomic E-state index is -2.54. The summed E-state index contributed by atoms with van der Waals surface area (Å²) in [6.45, 7) is -5.84. The van der Waals surface area contributed by atoms with Gasteiger partial charge in [-0.05, 0) is 0 Å². The molecule has 7 aromatic heterocycles. The van der Waals surface area contributed by atoms with Crippen LogP contribution < -0.4 is 0 Å². The van der Waals surface area contributed by atoms with Gasteiger partial charge in [0, 0.05) is 49.3 Å². The van der Waals surface area contributed by atoms with Gasteiger partial charge in [-0.15, -0.1) is 35.7 Å². The number of carbonyl (C=O) groups excluding carboxylic acids is 7. The van der Waals surface area contributed by atoms with Gasteiger partial charge in [-0.1, -0.05) is 36.5 Å². The zero-order chi connectivity index (χ0) is 101. The van der Waals surface area contributed by atoms with Crippen LogP contribution in [0.4, 0.5) is 0 Å². The molecule has 7 amide bonds. The monoisotopic (exact) mass is 2000 g/mol. The van der Waals surface area contributed by atoms with E-state index >= 15 is 0 Å². The van der Waals surface area contributed by atoms with Crippen LogP contribution in [0.2, 0.25) is 0 Å². The smallest absolute Gasteiger partial charge is 0.299 e. The number of nitrogens with zero attached hydrogens (tertiary/aromatic N) is 28. The van der Waals surface area contributed by atoms with Crippen LogP contribution in [0.25, 0.3) is 0 Å². The molecule has 0 unspecified atom stereocenters. The first kappa shape index (κ1) is 103. The molecule has 21 saturated heterocycles. The van der Waals surface area contributed by atoms with E-state index in [1.165, 1.54) is 0 Å². The second-order valence-corrected chi connectivity index (χ2v) is 33.5. The third-order valence-corrected chi connectivity index (χ3v) is 23.5. The maximum Gasteiger partial charge on any atom is 0.299 e. The standard InChI is InChI=1S/C70H98N28O42/c1-85(120)57(113)22-8-92(78-71-22)15-29-50-36(99)43(106)64(127-29)135-51-30(16-93-9-23(72-79-93)58(114)86(2)121)129-66(45(108)38(51)101)137-53-32(18-95-11-25(74-81-95)60(116)88(4)123)131-68(47(110)40(53)103)139-55-34(20-97-13-27(76-83-97)62(118)90(6)125)133-70(49(112)42(55)105)140-56-35(21-98-14-28(77-84-98)63(119)91(7)126)132-69(48(111)41(56)104)138-54-33(19-96-12-26(75-82-96)61(117)89(5)124)130-67(46(109)39(54)102)136-52-31(128-65(134-50)44(107)37(52)100)17-94-10-24(73-80-94)59(115)87(3)122/h8-14,29-56,64-70,99-112,120-126H,15-21H2,1-7H3/t29-,30-,31-,32-,33-,34-,35-,36-,37-,38-,39-,40-,41-,42-,43-,44-,45-,46-,47-,48-,49-,50-,51-,52-,53-,54-,55-,56-,64-,65-,66-,67-,68-,69-,70-/m1/s1. The topological polar surface area (TPSA) is 911 Å². The van der Waals surface area contributed by atoms with Gasteiger partial charge in [-0.25, -0.2) is 68.2 Å². The van der Waals surface area contributed by atoms with E-state index in [1.807, 2.05) is 0 Å². The van der Waals surface area contributed by atoms with Crippen molar-refractivity contribution in [1.82, 2.24) is 140 Å². The maximum absolute atomic E-state index is 13.1. The van der Waals surface area contributed by atoms with Crippen LogP contribution in [0, 0.1) is 0 Å². The summed E-state index contributed by atoms with van der Waals surface area (Å²) in [6, 6.07) is 0. The fourth-order valence-corrected chi connectivity index (χ4v) is 16.3. The third-order valence-electron chi connectivity index (χ3n) is 23.5. The Labute approximate surface area is 780 Å². The lowest BCUT2D eigenvalue weighted by Crippen LogP contribution is -2.68. The number of amides is 7. The van der Waals surface area contributed by atoms with Gasteiger partial charge in [0.05, 0.1) is 89.2 Å². The number of hydrogen-bond donors (Lipinski definition) is 21. The van der Waals surface area contributed by atoms with Crippen LogP contribution in [0.3, 0.4) is 0 Å². The Bertz CT molecular complexity index is 4540. The molecular weight excluding hydrogens is 1900 g/mol. The summed E-state index contributed by atoms with van der Waals surface area (Å²) in [7, 11) is 6.50. The van der Waals surface area contributed by atoms with Crippen LogP contribution >= 0.6 is 0 Å². The summed E-state index contributed by atoms with van der Waals surface area (Å²) in [6.07, 6.45) is -74.7. The van der Waals surface area contributed by atoms with Crippen LogP contribution in [-0.2, 0) is 112 Å². The van der Waals surface area contributed by atoms with E-state index < -0.39 is 342 Å². The second-order valence-electron chi connectivity index (χ2n) is 33.5. The third kappa shape index (κ3) is 21.8. The van der Waals surface area contributed by atoms with Crippen LogP contribution in [0.15, 0.2) is 43.4 Å². The van der Waals surface area contributed by atoms with Crippen molar-refractivity contribution in [1.29, 1.82) is 0 Å². The van der Waals surface area contributed by atoms with Crippen molar-refractivity contribution >= 4 is 41.4 Å². The van der Waals surface area contributed by atoms with Crippen molar-refractivity contribution in [3.8, 4) is 0 Å². The molecule has 21 N–H and O–H groups in total. The van der Waals surface area contributed by atoms with Crippen molar-refractivity contribution in [2.24, 2.45) is 0 Å². The Morgan fingerprint density at radius 3 is 0.414 bits per heavy atom. The minimum absolute atomic E-state index is 0.120. The normalized spacial score (nSPS) is 35.5. The maximum atomic E-state index is 13.1. The molecule has 28 heterocycles. The first-order valence-corrected chi connectivity index (χ1v) is 42.1. The quantitative estimate of drug-likeness (QED) is 0.0235. The largest absolute Gasteiger partial charge is 0.387 e. The summed E-state index contributed by atoms with van der Waals surface area (Å²) < 4.78 is 95.1.